The lowest BCUT2D eigenvalue weighted by Gasteiger charge is -2.06. The molecule has 0 saturated carbocycles. The summed E-state index contributed by atoms with van der Waals surface area (Å²) in [5.41, 5.74) is -0.895. The minimum atomic E-state index is -1.45. The van der Waals surface area contributed by atoms with E-state index in [0.717, 1.165) is 30.3 Å². The van der Waals surface area contributed by atoms with Crippen LogP contribution in [0.1, 0.15) is 26.3 Å². The summed E-state index contributed by atoms with van der Waals surface area (Å²) in [6.07, 6.45) is 0. The van der Waals surface area contributed by atoms with Crippen LogP contribution in [0, 0.1) is 11.6 Å². The maximum absolute atomic E-state index is 13.6. The molecule has 2 aromatic carbocycles. The van der Waals surface area contributed by atoms with E-state index in [9.17, 15) is 23.5 Å². The van der Waals surface area contributed by atoms with Gasteiger partial charge in [-0.25, -0.2) is 13.6 Å². The molecule has 4 nitrogen and oxygen atoms in total. The van der Waals surface area contributed by atoms with E-state index in [-0.39, 0.29) is 11.1 Å². The van der Waals surface area contributed by atoms with Gasteiger partial charge >= 0.3 is 5.97 Å². The second-order valence-electron chi connectivity index (χ2n) is 3.97. The molecule has 0 fully saturated rings. The fraction of sp³-hybridized carbons (Fsp3) is 0. The average Bonchev–Trinajstić information content (AvgIpc) is 2.43. The zero-order valence-corrected chi connectivity index (χ0v) is 9.93. The number of carboxylic acids is 1. The number of benzene rings is 2. The van der Waals surface area contributed by atoms with Crippen molar-refractivity contribution in [2.45, 2.75) is 0 Å². The molecule has 0 aliphatic carbocycles. The lowest BCUT2D eigenvalue weighted by molar-refractivity contribution is 0.0696. The summed E-state index contributed by atoms with van der Waals surface area (Å²) in [6.45, 7) is 0. The Balaban J connectivity index is 2.46. The molecule has 0 unspecified atom stereocenters. The molecule has 0 bridgehead atoms. The molecule has 0 heterocycles. The van der Waals surface area contributed by atoms with Gasteiger partial charge in [0.2, 0.25) is 0 Å². The molecular formula is C14H8F2O4. The summed E-state index contributed by atoms with van der Waals surface area (Å²) >= 11 is 0. The van der Waals surface area contributed by atoms with Gasteiger partial charge in [0.1, 0.15) is 11.3 Å². The van der Waals surface area contributed by atoms with Crippen molar-refractivity contribution in [3.63, 3.8) is 0 Å². The van der Waals surface area contributed by atoms with Crippen molar-refractivity contribution >= 4 is 11.8 Å². The highest BCUT2D eigenvalue weighted by atomic mass is 19.2. The maximum Gasteiger partial charge on any atom is 0.335 e. The van der Waals surface area contributed by atoms with Crippen LogP contribution in [0.4, 0.5) is 8.78 Å². The quantitative estimate of drug-likeness (QED) is 0.846. The Bertz CT molecular complexity index is 693. The van der Waals surface area contributed by atoms with E-state index < -0.39 is 34.7 Å². The van der Waals surface area contributed by atoms with Crippen LogP contribution in [-0.2, 0) is 0 Å². The number of rotatable bonds is 3. The van der Waals surface area contributed by atoms with Gasteiger partial charge in [-0.2, -0.15) is 0 Å². The fourth-order valence-electron chi connectivity index (χ4n) is 1.66. The van der Waals surface area contributed by atoms with E-state index in [1.807, 2.05) is 0 Å². The summed E-state index contributed by atoms with van der Waals surface area (Å²) in [7, 11) is 0. The second-order valence-corrected chi connectivity index (χ2v) is 3.97. The number of aromatic hydroxyl groups is 1. The number of carbonyl (C=O) groups is 2. The summed E-state index contributed by atoms with van der Waals surface area (Å²) in [5, 5.41) is 18.2. The third-order valence-electron chi connectivity index (χ3n) is 2.69. The second kappa shape index (κ2) is 5.08. The number of aromatic carboxylic acids is 1. The molecule has 0 aliphatic rings. The van der Waals surface area contributed by atoms with Crippen molar-refractivity contribution in [1.82, 2.24) is 0 Å². The third-order valence-corrected chi connectivity index (χ3v) is 2.69. The maximum atomic E-state index is 13.6. The zero-order chi connectivity index (χ0) is 14.9. The lowest BCUT2D eigenvalue weighted by atomic mass is 10.0. The van der Waals surface area contributed by atoms with Crippen molar-refractivity contribution in [2.24, 2.45) is 0 Å². The zero-order valence-electron chi connectivity index (χ0n) is 9.93. The summed E-state index contributed by atoms with van der Waals surface area (Å²) < 4.78 is 26.6. The molecule has 0 amide bonds. The van der Waals surface area contributed by atoms with E-state index in [4.69, 9.17) is 5.11 Å². The monoisotopic (exact) mass is 278 g/mol. The van der Waals surface area contributed by atoms with Crippen LogP contribution < -0.4 is 0 Å². The van der Waals surface area contributed by atoms with Crippen molar-refractivity contribution in [2.75, 3.05) is 0 Å². The third kappa shape index (κ3) is 2.35. The molecule has 6 heteroatoms. The molecule has 0 aromatic heterocycles. The average molecular weight is 278 g/mol. The molecular weight excluding hydrogens is 270 g/mol. The first-order chi connectivity index (χ1) is 9.41. The van der Waals surface area contributed by atoms with E-state index >= 15 is 0 Å². The van der Waals surface area contributed by atoms with Gasteiger partial charge < -0.3 is 10.2 Å². The Kier molecular flexibility index (Phi) is 3.47. The highest BCUT2D eigenvalue weighted by Gasteiger charge is 2.21. The van der Waals surface area contributed by atoms with Gasteiger partial charge in [-0.3, -0.25) is 4.79 Å². The minimum Gasteiger partial charge on any atom is -0.507 e. The standard InChI is InChI=1S/C14H8F2O4/c15-9-5-6-10(17)11(12(9)16)13(18)7-1-3-8(4-2-7)14(19)20/h1-6,17H,(H,19,20). The number of hydrogen-bond acceptors (Lipinski definition) is 3. The van der Waals surface area contributed by atoms with Gasteiger partial charge in [-0.1, -0.05) is 12.1 Å². The molecule has 2 aromatic rings. The highest BCUT2D eigenvalue weighted by molar-refractivity contribution is 6.11. The number of ketones is 1. The number of carbonyl (C=O) groups excluding carboxylic acids is 1. The number of carboxylic acid groups (broad SMARTS) is 1. The first-order valence-corrected chi connectivity index (χ1v) is 5.47. The van der Waals surface area contributed by atoms with Gasteiger partial charge in [0.25, 0.3) is 0 Å². The molecule has 0 radical (unpaired) electrons. The van der Waals surface area contributed by atoms with E-state index in [2.05, 4.69) is 0 Å². The van der Waals surface area contributed by atoms with Crippen LogP contribution in [0.2, 0.25) is 0 Å². The van der Waals surface area contributed by atoms with Gasteiger partial charge in [0, 0.05) is 5.56 Å². The lowest BCUT2D eigenvalue weighted by Crippen LogP contribution is -2.07. The Labute approximate surface area is 111 Å². The summed E-state index contributed by atoms with van der Waals surface area (Å²) in [5.74, 6) is -5.50. The van der Waals surface area contributed by atoms with Crippen molar-refractivity contribution in [1.29, 1.82) is 0 Å². The minimum absolute atomic E-state index is 0.0505. The number of hydrogen-bond donors (Lipinski definition) is 2. The Morgan fingerprint density at radius 2 is 1.45 bits per heavy atom. The van der Waals surface area contributed by atoms with Crippen LogP contribution >= 0.6 is 0 Å². The van der Waals surface area contributed by atoms with Crippen LogP contribution in [0.15, 0.2) is 36.4 Å². The van der Waals surface area contributed by atoms with Crippen LogP contribution in [-0.4, -0.2) is 22.0 Å². The van der Waals surface area contributed by atoms with Crippen molar-refractivity contribution in [3.05, 3.63) is 64.7 Å². The predicted octanol–water partition coefficient (Wildman–Crippen LogP) is 2.60. The summed E-state index contributed by atoms with van der Waals surface area (Å²) in [6, 6.07) is 6.21. The largest absolute Gasteiger partial charge is 0.507 e. The van der Waals surface area contributed by atoms with Crippen LogP contribution in [0.25, 0.3) is 0 Å². The predicted molar refractivity (Wildman–Crippen MR) is 64.9 cm³/mol. The molecule has 0 spiro atoms. The Hall–Kier alpha value is -2.76. The van der Waals surface area contributed by atoms with Gasteiger partial charge in [-0.05, 0) is 24.3 Å². The fourth-order valence-corrected chi connectivity index (χ4v) is 1.66. The Morgan fingerprint density at radius 3 is 2.00 bits per heavy atom. The van der Waals surface area contributed by atoms with Crippen molar-refractivity contribution < 1.29 is 28.6 Å². The van der Waals surface area contributed by atoms with E-state index in [0.29, 0.717) is 6.07 Å². The van der Waals surface area contributed by atoms with E-state index in [1.165, 1.54) is 0 Å². The molecule has 20 heavy (non-hydrogen) atoms. The van der Waals surface area contributed by atoms with E-state index in [1.54, 1.807) is 0 Å². The van der Waals surface area contributed by atoms with Gasteiger partial charge in [0.05, 0.1) is 5.56 Å². The number of phenols is 1. The normalized spacial score (nSPS) is 10.3. The van der Waals surface area contributed by atoms with Crippen LogP contribution in [0.5, 0.6) is 5.75 Å². The number of halogens is 2. The molecule has 0 atom stereocenters. The first kappa shape index (κ1) is 13.7. The topological polar surface area (TPSA) is 74.6 Å². The first-order valence-electron chi connectivity index (χ1n) is 5.47. The SMILES string of the molecule is O=C(O)c1ccc(C(=O)c2c(O)ccc(F)c2F)cc1. The summed E-state index contributed by atoms with van der Waals surface area (Å²) in [4.78, 5) is 22.7. The molecule has 102 valence electrons. The Morgan fingerprint density at radius 1 is 0.900 bits per heavy atom. The van der Waals surface area contributed by atoms with Crippen LogP contribution in [0.3, 0.4) is 0 Å². The van der Waals surface area contributed by atoms with Crippen molar-refractivity contribution in [3.8, 4) is 5.75 Å². The van der Waals surface area contributed by atoms with Gasteiger partial charge in [-0.15, -0.1) is 0 Å². The molecule has 0 saturated heterocycles. The number of phenolic OH excluding ortho intramolecular Hbond substituents is 1. The smallest absolute Gasteiger partial charge is 0.335 e. The molecule has 2 N–H and O–H groups in total. The molecule has 0 aliphatic heterocycles. The molecule has 2 rings (SSSR count). The highest BCUT2D eigenvalue weighted by Crippen LogP contribution is 2.25. The van der Waals surface area contributed by atoms with Gasteiger partial charge in [0.15, 0.2) is 17.4 Å².